The molecular weight excluding hydrogens is 358 g/mol. The van der Waals surface area contributed by atoms with Gasteiger partial charge in [0.05, 0.1) is 17.1 Å². The fourth-order valence-corrected chi connectivity index (χ4v) is 4.76. The van der Waals surface area contributed by atoms with Crippen LogP contribution in [0.25, 0.3) is 0 Å². The normalized spacial score (nSPS) is 15.1. The van der Waals surface area contributed by atoms with Crippen molar-refractivity contribution in [2.24, 2.45) is 0 Å². The second-order valence-corrected chi connectivity index (χ2v) is 7.35. The molecule has 2 aromatic rings. The summed E-state index contributed by atoms with van der Waals surface area (Å²) < 4.78 is 0.806. The highest BCUT2D eigenvalue weighted by Gasteiger charge is 2.26. The standard InChI is InChI=1S/C14H12BrNO2S2/c15-9-4-6-20-14(9)11(17)8-16-10-5-7-19-12(10)2-1-3-13(16)18/h4-7H,1-3,8H2. The Bertz CT molecular complexity index is 662. The summed E-state index contributed by atoms with van der Waals surface area (Å²) in [6.45, 7) is 0.127. The fraction of sp³-hybridized carbons (Fsp3) is 0.286. The molecule has 2 aromatic heterocycles. The molecule has 0 atom stereocenters. The Kier molecular flexibility index (Phi) is 4.05. The van der Waals surface area contributed by atoms with Crippen molar-refractivity contribution in [3.63, 3.8) is 0 Å². The van der Waals surface area contributed by atoms with E-state index in [0.29, 0.717) is 11.3 Å². The van der Waals surface area contributed by atoms with E-state index in [9.17, 15) is 9.59 Å². The second-order valence-electron chi connectivity index (χ2n) is 4.58. The van der Waals surface area contributed by atoms with Gasteiger partial charge in [-0.3, -0.25) is 9.59 Å². The summed E-state index contributed by atoms with van der Waals surface area (Å²) in [5, 5.41) is 3.86. The summed E-state index contributed by atoms with van der Waals surface area (Å²) in [4.78, 5) is 28.1. The predicted molar refractivity (Wildman–Crippen MR) is 86.0 cm³/mol. The highest BCUT2D eigenvalue weighted by Crippen LogP contribution is 2.32. The van der Waals surface area contributed by atoms with Gasteiger partial charge in [0, 0.05) is 15.8 Å². The van der Waals surface area contributed by atoms with Crippen LogP contribution in [0.2, 0.25) is 0 Å². The molecule has 0 N–H and O–H groups in total. The Labute approximate surface area is 133 Å². The lowest BCUT2D eigenvalue weighted by Gasteiger charge is -2.20. The minimum absolute atomic E-state index is 0.0146. The molecule has 0 bridgehead atoms. The molecule has 3 heterocycles. The van der Waals surface area contributed by atoms with Crippen LogP contribution in [0, 0.1) is 0 Å². The highest BCUT2D eigenvalue weighted by molar-refractivity contribution is 9.10. The Morgan fingerprint density at radius 2 is 2.05 bits per heavy atom. The molecule has 1 amide bonds. The third-order valence-electron chi connectivity index (χ3n) is 3.28. The van der Waals surface area contributed by atoms with Crippen LogP contribution in [0.4, 0.5) is 5.69 Å². The third kappa shape index (κ3) is 2.60. The van der Waals surface area contributed by atoms with Crippen LogP contribution >= 0.6 is 38.6 Å². The Morgan fingerprint density at radius 1 is 1.25 bits per heavy atom. The van der Waals surface area contributed by atoms with Gasteiger partial charge >= 0.3 is 0 Å². The van der Waals surface area contributed by atoms with Gasteiger partial charge in [-0.1, -0.05) is 0 Å². The van der Waals surface area contributed by atoms with Crippen molar-refractivity contribution in [3.8, 4) is 0 Å². The number of fused-ring (bicyclic) bond motifs is 1. The van der Waals surface area contributed by atoms with Gasteiger partial charge in [-0.05, 0) is 51.7 Å². The van der Waals surface area contributed by atoms with E-state index in [2.05, 4.69) is 15.9 Å². The van der Waals surface area contributed by atoms with E-state index in [4.69, 9.17) is 0 Å². The van der Waals surface area contributed by atoms with E-state index in [1.54, 1.807) is 16.2 Å². The van der Waals surface area contributed by atoms with Gasteiger partial charge in [0.2, 0.25) is 5.91 Å². The molecule has 1 aliphatic heterocycles. The second kappa shape index (κ2) is 5.79. The first-order valence-corrected chi connectivity index (χ1v) is 8.85. The van der Waals surface area contributed by atoms with Crippen LogP contribution in [0.5, 0.6) is 0 Å². The van der Waals surface area contributed by atoms with E-state index >= 15 is 0 Å². The lowest BCUT2D eigenvalue weighted by Crippen LogP contribution is -2.34. The molecule has 0 fully saturated rings. The highest BCUT2D eigenvalue weighted by atomic mass is 79.9. The predicted octanol–water partition coefficient (Wildman–Crippen LogP) is 4.12. The number of carbonyl (C=O) groups excluding carboxylic acids is 2. The number of rotatable bonds is 3. The van der Waals surface area contributed by atoms with Gasteiger partial charge in [0.1, 0.15) is 0 Å². The van der Waals surface area contributed by atoms with Crippen molar-refractivity contribution >= 4 is 56.0 Å². The number of hydrogen-bond acceptors (Lipinski definition) is 4. The molecule has 0 radical (unpaired) electrons. The number of nitrogens with zero attached hydrogens (tertiary/aromatic N) is 1. The van der Waals surface area contributed by atoms with Crippen LogP contribution in [0.15, 0.2) is 27.4 Å². The maximum Gasteiger partial charge on any atom is 0.227 e. The molecule has 104 valence electrons. The Hall–Kier alpha value is -0.980. The molecule has 6 heteroatoms. The van der Waals surface area contributed by atoms with Crippen LogP contribution < -0.4 is 4.90 Å². The topological polar surface area (TPSA) is 37.4 Å². The van der Waals surface area contributed by atoms with E-state index in [0.717, 1.165) is 23.0 Å². The van der Waals surface area contributed by atoms with Crippen molar-refractivity contribution < 1.29 is 9.59 Å². The maximum absolute atomic E-state index is 12.4. The number of carbonyl (C=O) groups is 2. The number of halogens is 1. The van der Waals surface area contributed by atoms with E-state index < -0.39 is 0 Å². The molecule has 0 saturated heterocycles. The van der Waals surface area contributed by atoms with Crippen molar-refractivity contribution in [2.75, 3.05) is 11.4 Å². The van der Waals surface area contributed by atoms with Gasteiger partial charge < -0.3 is 4.90 Å². The van der Waals surface area contributed by atoms with E-state index in [1.165, 1.54) is 16.2 Å². The fourth-order valence-electron chi connectivity index (χ4n) is 2.31. The van der Waals surface area contributed by atoms with Gasteiger partial charge in [0.25, 0.3) is 0 Å². The number of Topliss-reactive ketones (excluding diaryl/α,β-unsaturated/α-hetero) is 1. The first-order valence-electron chi connectivity index (χ1n) is 6.30. The molecule has 3 rings (SSSR count). The first kappa shape index (κ1) is 14.0. The number of anilines is 1. The zero-order valence-corrected chi connectivity index (χ0v) is 13.8. The minimum atomic E-state index is -0.0146. The zero-order chi connectivity index (χ0) is 14.1. The summed E-state index contributed by atoms with van der Waals surface area (Å²) in [6, 6.07) is 3.80. The molecule has 0 spiro atoms. The first-order chi connectivity index (χ1) is 9.66. The SMILES string of the molecule is O=C(CN1C(=O)CCCc2sccc21)c1sccc1Br. The van der Waals surface area contributed by atoms with Crippen LogP contribution in [-0.2, 0) is 11.2 Å². The summed E-state index contributed by atoms with van der Waals surface area (Å²) in [5.41, 5.74) is 0.915. The monoisotopic (exact) mass is 369 g/mol. The summed E-state index contributed by atoms with van der Waals surface area (Å²) in [6.07, 6.45) is 2.30. The molecule has 0 aromatic carbocycles. The molecule has 0 saturated carbocycles. The van der Waals surface area contributed by atoms with Gasteiger partial charge in [-0.2, -0.15) is 0 Å². The number of aryl methyl sites for hydroxylation is 1. The summed E-state index contributed by atoms with van der Waals surface area (Å²) in [7, 11) is 0. The van der Waals surface area contributed by atoms with Crippen molar-refractivity contribution in [1.82, 2.24) is 0 Å². The lowest BCUT2D eigenvalue weighted by atomic mass is 10.2. The van der Waals surface area contributed by atoms with Gasteiger partial charge in [-0.25, -0.2) is 0 Å². The van der Waals surface area contributed by atoms with Crippen molar-refractivity contribution in [3.05, 3.63) is 37.1 Å². The number of thiophene rings is 2. The average molecular weight is 370 g/mol. The van der Waals surface area contributed by atoms with Gasteiger partial charge in [0.15, 0.2) is 5.78 Å². The van der Waals surface area contributed by atoms with Gasteiger partial charge in [-0.15, -0.1) is 22.7 Å². The Balaban J connectivity index is 1.88. The zero-order valence-electron chi connectivity index (χ0n) is 10.6. The maximum atomic E-state index is 12.4. The molecular formula is C14H12BrNO2S2. The molecule has 1 aliphatic rings. The molecule has 0 unspecified atom stereocenters. The van der Waals surface area contributed by atoms with E-state index in [1.807, 2.05) is 22.9 Å². The molecule has 20 heavy (non-hydrogen) atoms. The van der Waals surface area contributed by atoms with E-state index in [-0.39, 0.29) is 18.2 Å². The minimum Gasteiger partial charge on any atom is -0.303 e. The largest absolute Gasteiger partial charge is 0.303 e. The molecule has 3 nitrogen and oxygen atoms in total. The van der Waals surface area contributed by atoms with Crippen LogP contribution in [0.3, 0.4) is 0 Å². The summed E-state index contributed by atoms with van der Waals surface area (Å²) >= 11 is 6.44. The number of hydrogen-bond donors (Lipinski definition) is 0. The quantitative estimate of drug-likeness (QED) is 0.762. The van der Waals surface area contributed by atoms with Crippen LogP contribution in [0.1, 0.15) is 27.4 Å². The molecule has 0 aliphatic carbocycles. The van der Waals surface area contributed by atoms with Crippen LogP contribution in [-0.4, -0.2) is 18.2 Å². The number of amides is 1. The smallest absolute Gasteiger partial charge is 0.227 e. The lowest BCUT2D eigenvalue weighted by molar-refractivity contribution is -0.118. The number of ketones is 1. The Morgan fingerprint density at radius 3 is 2.80 bits per heavy atom. The van der Waals surface area contributed by atoms with Crippen molar-refractivity contribution in [2.45, 2.75) is 19.3 Å². The summed E-state index contributed by atoms with van der Waals surface area (Å²) in [5.74, 6) is 0.0300. The average Bonchev–Trinajstić information content (AvgIpc) is 3.02. The third-order valence-corrected chi connectivity index (χ3v) is 6.13. The van der Waals surface area contributed by atoms with Crippen molar-refractivity contribution in [1.29, 1.82) is 0 Å².